The molecule has 0 amide bonds. The maximum absolute atomic E-state index is 6.00. The Balaban J connectivity index is 1.91. The molecule has 0 N–H and O–H groups in total. The zero-order chi connectivity index (χ0) is 16.7. The SMILES string of the molecule is Cc1cc(-c2ccc(Cl)cc2)n2nc(-c3ccc(Cl)cc3)cc2n1. The summed E-state index contributed by atoms with van der Waals surface area (Å²) in [5.74, 6) is 0. The van der Waals surface area contributed by atoms with Crippen molar-refractivity contribution in [3.63, 3.8) is 0 Å². The number of benzene rings is 2. The zero-order valence-corrected chi connectivity index (χ0v) is 14.4. The second-order valence-electron chi connectivity index (χ2n) is 5.60. The fourth-order valence-corrected chi connectivity index (χ4v) is 2.94. The molecule has 5 heteroatoms. The highest BCUT2D eigenvalue weighted by Crippen LogP contribution is 2.26. The van der Waals surface area contributed by atoms with E-state index in [2.05, 4.69) is 4.98 Å². The normalized spacial score (nSPS) is 11.1. The lowest BCUT2D eigenvalue weighted by molar-refractivity contribution is 0.942. The number of aryl methyl sites for hydroxylation is 1. The van der Waals surface area contributed by atoms with Crippen LogP contribution in [0.3, 0.4) is 0 Å². The van der Waals surface area contributed by atoms with Crippen LogP contribution in [0.25, 0.3) is 28.2 Å². The Labute approximate surface area is 149 Å². The van der Waals surface area contributed by atoms with Crippen molar-refractivity contribution in [1.29, 1.82) is 0 Å². The van der Waals surface area contributed by atoms with E-state index in [0.29, 0.717) is 10.0 Å². The predicted molar refractivity (Wildman–Crippen MR) is 98.6 cm³/mol. The molecule has 2 aromatic carbocycles. The molecule has 0 unspecified atom stereocenters. The molecule has 118 valence electrons. The van der Waals surface area contributed by atoms with Crippen molar-refractivity contribution in [2.45, 2.75) is 6.92 Å². The van der Waals surface area contributed by atoms with Crippen LogP contribution < -0.4 is 0 Å². The van der Waals surface area contributed by atoms with Crippen molar-refractivity contribution in [2.24, 2.45) is 0 Å². The van der Waals surface area contributed by atoms with E-state index in [1.807, 2.05) is 72.1 Å². The first-order valence-corrected chi connectivity index (χ1v) is 8.25. The summed E-state index contributed by atoms with van der Waals surface area (Å²) in [7, 11) is 0. The van der Waals surface area contributed by atoms with Gasteiger partial charge < -0.3 is 0 Å². The monoisotopic (exact) mass is 353 g/mol. The minimum absolute atomic E-state index is 0.707. The van der Waals surface area contributed by atoms with Gasteiger partial charge in [0.25, 0.3) is 0 Å². The van der Waals surface area contributed by atoms with E-state index in [-0.39, 0.29) is 0 Å². The van der Waals surface area contributed by atoms with Crippen molar-refractivity contribution < 1.29 is 0 Å². The van der Waals surface area contributed by atoms with E-state index in [1.54, 1.807) is 0 Å². The fourth-order valence-electron chi connectivity index (χ4n) is 2.69. The second kappa shape index (κ2) is 5.93. The molecule has 2 heterocycles. The molecule has 0 aliphatic heterocycles. The van der Waals surface area contributed by atoms with Gasteiger partial charge in [0.2, 0.25) is 0 Å². The maximum Gasteiger partial charge on any atom is 0.156 e. The van der Waals surface area contributed by atoms with Crippen LogP contribution in [0.5, 0.6) is 0 Å². The fraction of sp³-hybridized carbons (Fsp3) is 0.0526. The average molecular weight is 354 g/mol. The maximum atomic E-state index is 6.00. The minimum atomic E-state index is 0.707. The van der Waals surface area contributed by atoms with Gasteiger partial charge in [0, 0.05) is 32.9 Å². The first-order chi connectivity index (χ1) is 11.6. The summed E-state index contributed by atoms with van der Waals surface area (Å²) < 4.78 is 1.86. The topological polar surface area (TPSA) is 30.2 Å². The van der Waals surface area contributed by atoms with Gasteiger partial charge in [-0.1, -0.05) is 47.5 Å². The molecule has 0 aliphatic carbocycles. The minimum Gasteiger partial charge on any atom is -0.234 e. The summed E-state index contributed by atoms with van der Waals surface area (Å²) in [6.07, 6.45) is 0. The number of hydrogen-bond acceptors (Lipinski definition) is 2. The van der Waals surface area contributed by atoms with Gasteiger partial charge in [0.15, 0.2) is 5.65 Å². The van der Waals surface area contributed by atoms with Crippen LogP contribution in [0.15, 0.2) is 60.7 Å². The largest absolute Gasteiger partial charge is 0.234 e. The van der Waals surface area contributed by atoms with E-state index in [4.69, 9.17) is 28.3 Å². The Morgan fingerprint density at radius 3 is 2.00 bits per heavy atom. The molecule has 4 rings (SSSR count). The van der Waals surface area contributed by atoms with Crippen LogP contribution in [0.4, 0.5) is 0 Å². The summed E-state index contributed by atoms with van der Waals surface area (Å²) in [6.45, 7) is 1.98. The zero-order valence-electron chi connectivity index (χ0n) is 12.9. The van der Waals surface area contributed by atoms with Crippen molar-refractivity contribution in [1.82, 2.24) is 14.6 Å². The summed E-state index contributed by atoms with van der Waals surface area (Å²) in [4.78, 5) is 4.59. The summed E-state index contributed by atoms with van der Waals surface area (Å²) in [6, 6.07) is 19.4. The van der Waals surface area contributed by atoms with Gasteiger partial charge in [0.05, 0.1) is 11.4 Å². The van der Waals surface area contributed by atoms with Gasteiger partial charge in [-0.2, -0.15) is 5.10 Å². The lowest BCUT2D eigenvalue weighted by atomic mass is 10.1. The van der Waals surface area contributed by atoms with Gasteiger partial charge in [-0.05, 0) is 37.3 Å². The molecule has 4 aromatic rings. The number of aromatic nitrogens is 3. The molecule has 3 nitrogen and oxygen atoms in total. The van der Waals surface area contributed by atoms with Crippen LogP contribution in [-0.4, -0.2) is 14.6 Å². The molecule has 0 aliphatic rings. The van der Waals surface area contributed by atoms with Gasteiger partial charge in [-0.25, -0.2) is 9.50 Å². The van der Waals surface area contributed by atoms with Crippen LogP contribution in [0, 0.1) is 6.92 Å². The highest BCUT2D eigenvalue weighted by atomic mass is 35.5. The molecule has 0 spiro atoms. The highest BCUT2D eigenvalue weighted by Gasteiger charge is 2.11. The molecule has 0 saturated heterocycles. The molecule has 0 bridgehead atoms. The Morgan fingerprint density at radius 2 is 1.38 bits per heavy atom. The van der Waals surface area contributed by atoms with Gasteiger partial charge >= 0.3 is 0 Å². The van der Waals surface area contributed by atoms with Crippen molar-refractivity contribution >= 4 is 28.8 Å². The lowest BCUT2D eigenvalue weighted by Crippen LogP contribution is -1.98. The molecule has 0 atom stereocenters. The standard InChI is InChI=1S/C19H13Cl2N3/c1-12-10-18(14-4-8-16(21)9-5-14)24-19(22-12)11-17(23-24)13-2-6-15(20)7-3-13/h2-11H,1H3. The van der Waals surface area contributed by atoms with Crippen molar-refractivity contribution in [3.8, 4) is 22.5 Å². The summed E-state index contributed by atoms with van der Waals surface area (Å²) in [5, 5.41) is 6.15. The Bertz CT molecular complexity index is 1020. The number of fused-ring (bicyclic) bond motifs is 1. The third kappa shape index (κ3) is 2.77. The predicted octanol–water partition coefficient (Wildman–Crippen LogP) is 5.68. The number of hydrogen-bond donors (Lipinski definition) is 0. The molecule has 2 aromatic heterocycles. The van der Waals surface area contributed by atoms with Gasteiger partial charge in [-0.3, -0.25) is 0 Å². The highest BCUT2D eigenvalue weighted by molar-refractivity contribution is 6.30. The van der Waals surface area contributed by atoms with Crippen LogP contribution >= 0.6 is 23.2 Å². The lowest BCUT2D eigenvalue weighted by Gasteiger charge is -2.06. The quantitative estimate of drug-likeness (QED) is 0.464. The third-order valence-electron chi connectivity index (χ3n) is 3.84. The Kier molecular flexibility index (Phi) is 3.75. The summed E-state index contributed by atoms with van der Waals surface area (Å²) in [5.41, 5.74) is 5.64. The molecule has 0 radical (unpaired) electrons. The van der Waals surface area contributed by atoms with Gasteiger partial charge in [0.1, 0.15) is 0 Å². The molecule has 24 heavy (non-hydrogen) atoms. The second-order valence-corrected chi connectivity index (χ2v) is 6.47. The number of nitrogens with zero attached hydrogens (tertiary/aromatic N) is 3. The van der Waals surface area contributed by atoms with Crippen LogP contribution in [0.1, 0.15) is 5.69 Å². The van der Waals surface area contributed by atoms with E-state index >= 15 is 0 Å². The molecule has 0 saturated carbocycles. The summed E-state index contributed by atoms with van der Waals surface area (Å²) >= 11 is 12.0. The number of halogens is 2. The van der Waals surface area contributed by atoms with E-state index in [1.165, 1.54) is 0 Å². The first-order valence-electron chi connectivity index (χ1n) is 7.49. The smallest absolute Gasteiger partial charge is 0.156 e. The van der Waals surface area contributed by atoms with E-state index in [9.17, 15) is 0 Å². The first kappa shape index (κ1) is 15.2. The Morgan fingerprint density at radius 1 is 0.792 bits per heavy atom. The van der Waals surface area contributed by atoms with E-state index in [0.717, 1.165) is 33.9 Å². The van der Waals surface area contributed by atoms with Crippen LogP contribution in [0.2, 0.25) is 10.0 Å². The number of rotatable bonds is 2. The molecule has 0 fully saturated rings. The molecular formula is C19H13Cl2N3. The Hall–Kier alpha value is -2.36. The van der Waals surface area contributed by atoms with E-state index < -0.39 is 0 Å². The van der Waals surface area contributed by atoms with Crippen molar-refractivity contribution in [2.75, 3.05) is 0 Å². The third-order valence-corrected chi connectivity index (χ3v) is 4.34. The van der Waals surface area contributed by atoms with Crippen molar-refractivity contribution in [3.05, 3.63) is 76.4 Å². The van der Waals surface area contributed by atoms with Gasteiger partial charge in [-0.15, -0.1) is 0 Å². The average Bonchev–Trinajstić information content (AvgIpc) is 2.99. The molecular weight excluding hydrogens is 341 g/mol. The van der Waals surface area contributed by atoms with Crippen LogP contribution in [-0.2, 0) is 0 Å².